The molecule has 1 fully saturated rings. The van der Waals surface area contributed by atoms with Gasteiger partial charge in [0.2, 0.25) is 0 Å². The molecule has 1 aromatic carbocycles. The third-order valence-corrected chi connectivity index (χ3v) is 3.72. The van der Waals surface area contributed by atoms with Crippen LogP contribution in [0.25, 0.3) is 0 Å². The molecule has 1 saturated carbocycles. The molecule has 2 nitrogen and oxygen atoms in total. The lowest BCUT2D eigenvalue weighted by Crippen LogP contribution is -2.26. The van der Waals surface area contributed by atoms with Gasteiger partial charge in [-0.1, -0.05) is 26.0 Å². The Balaban J connectivity index is 2.14. The Bertz CT molecular complexity index is 403. The average molecular weight is 231 g/mol. The maximum atomic E-state index is 12.4. The summed E-state index contributed by atoms with van der Waals surface area (Å²) in [4.78, 5) is 12.4. The van der Waals surface area contributed by atoms with Crippen LogP contribution in [0.2, 0.25) is 0 Å². The number of Topliss-reactive ketones (excluding diaryl/α,β-unsaturated/α-hetero) is 1. The van der Waals surface area contributed by atoms with E-state index >= 15 is 0 Å². The van der Waals surface area contributed by atoms with Crippen molar-refractivity contribution in [3.8, 4) is 0 Å². The molecule has 1 aliphatic rings. The summed E-state index contributed by atoms with van der Waals surface area (Å²) in [5.74, 6) is 1.79. The van der Waals surface area contributed by atoms with E-state index < -0.39 is 0 Å². The van der Waals surface area contributed by atoms with Crippen molar-refractivity contribution in [3.05, 3.63) is 29.8 Å². The van der Waals surface area contributed by atoms with Crippen LogP contribution in [0, 0.1) is 17.8 Å². The zero-order valence-corrected chi connectivity index (χ0v) is 10.6. The van der Waals surface area contributed by atoms with Gasteiger partial charge in [-0.2, -0.15) is 0 Å². The van der Waals surface area contributed by atoms with E-state index in [0.29, 0.717) is 17.5 Å². The highest BCUT2D eigenvalue weighted by molar-refractivity contribution is 5.98. The van der Waals surface area contributed by atoms with Crippen LogP contribution in [0.3, 0.4) is 0 Å². The lowest BCUT2D eigenvalue weighted by atomic mass is 9.74. The van der Waals surface area contributed by atoms with E-state index in [1.54, 1.807) is 6.07 Å². The molecule has 0 heterocycles. The summed E-state index contributed by atoms with van der Waals surface area (Å²) in [6.45, 7) is 4.49. The van der Waals surface area contributed by atoms with Crippen molar-refractivity contribution in [2.45, 2.75) is 33.1 Å². The lowest BCUT2D eigenvalue weighted by Gasteiger charge is -2.30. The molecule has 0 aromatic heterocycles. The van der Waals surface area contributed by atoms with Gasteiger partial charge in [0.25, 0.3) is 0 Å². The molecule has 92 valence electrons. The molecule has 0 bridgehead atoms. The van der Waals surface area contributed by atoms with Crippen LogP contribution >= 0.6 is 0 Å². The second kappa shape index (κ2) is 4.91. The van der Waals surface area contributed by atoms with Gasteiger partial charge in [0.15, 0.2) is 5.78 Å². The summed E-state index contributed by atoms with van der Waals surface area (Å²) in [6, 6.07) is 7.36. The number of nitrogens with two attached hydrogens (primary N) is 1. The summed E-state index contributed by atoms with van der Waals surface area (Å²) in [5, 5.41) is 0. The summed E-state index contributed by atoms with van der Waals surface area (Å²) < 4.78 is 0. The number of hydrogen-bond donors (Lipinski definition) is 1. The fraction of sp³-hybridized carbons (Fsp3) is 0.533. The van der Waals surface area contributed by atoms with Crippen LogP contribution in [0.5, 0.6) is 0 Å². The van der Waals surface area contributed by atoms with Crippen molar-refractivity contribution in [2.75, 3.05) is 5.73 Å². The quantitative estimate of drug-likeness (QED) is 0.625. The fourth-order valence-electron chi connectivity index (χ4n) is 3.09. The Morgan fingerprint density at radius 3 is 2.41 bits per heavy atom. The van der Waals surface area contributed by atoms with E-state index in [2.05, 4.69) is 13.8 Å². The Hall–Kier alpha value is -1.31. The molecule has 0 aliphatic heterocycles. The number of ketones is 1. The van der Waals surface area contributed by atoms with Crippen LogP contribution in [-0.2, 0) is 0 Å². The van der Waals surface area contributed by atoms with Gasteiger partial charge in [-0.3, -0.25) is 4.79 Å². The average Bonchev–Trinajstić information content (AvgIpc) is 2.26. The van der Waals surface area contributed by atoms with Gasteiger partial charge in [0.05, 0.1) is 0 Å². The number of carbonyl (C=O) groups excluding carboxylic acids is 1. The molecular formula is C15H21NO. The molecule has 0 spiro atoms. The van der Waals surface area contributed by atoms with Crippen molar-refractivity contribution < 1.29 is 4.79 Å². The number of anilines is 1. The molecule has 2 N–H and O–H groups in total. The molecular weight excluding hydrogens is 210 g/mol. The first-order valence-electron chi connectivity index (χ1n) is 6.46. The Kier molecular flexibility index (Phi) is 3.51. The zero-order valence-electron chi connectivity index (χ0n) is 10.6. The molecule has 2 unspecified atom stereocenters. The minimum absolute atomic E-state index is 0.190. The molecule has 2 atom stereocenters. The molecule has 2 heteroatoms. The van der Waals surface area contributed by atoms with E-state index in [9.17, 15) is 4.79 Å². The minimum Gasteiger partial charge on any atom is -0.399 e. The van der Waals surface area contributed by atoms with E-state index in [4.69, 9.17) is 5.73 Å². The summed E-state index contributed by atoms with van der Waals surface area (Å²) in [7, 11) is 0. The van der Waals surface area contributed by atoms with Crippen molar-refractivity contribution in [3.63, 3.8) is 0 Å². The standard InChI is InChI=1S/C15H21NO/c1-10-6-11(2)8-13(7-10)15(17)12-4-3-5-14(16)9-12/h3-5,9-11,13H,6-8,16H2,1-2H3. The van der Waals surface area contributed by atoms with Crippen LogP contribution in [-0.4, -0.2) is 5.78 Å². The first-order valence-corrected chi connectivity index (χ1v) is 6.46. The third-order valence-electron chi connectivity index (χ3n) is 3.72. The number of benzene rings is 1. The molecule has 1 aromatic rings. The number of carbonyl (C=O) groups is 1. The summed E-state index contributed by atoms with van der Waals surface area (Å²) in [6.07, 6.45) is 3.30. The molecule has 0 amide bonds. The van der Waals surface area contributed by atoms with E-state index in [1.807, 2.05) is 18.2 Å². The normalized spacial score (nSPS) is 28.9. The SMILES string of the molecule is CC1CC(C)CC(C(=O)c2cccc(N)c2)C1. The smallest absolute Gasteiger partial charge is 0.166 e. The largest absolute Gasteiger partial charge is 0.399 e. The predicted molar refractivity (Wildman–Crippen MR) is 70.9 cm³/mol. The van der Waals surface area contributed by atoms with Gasteiger partial charge in [-0.05, 0) is 43.2 Å². The second-order valence-corrected chi connectivity index (χ2v) is 5.60. The summed E-state index contributed by atoms with van der Waals surface area (Å²) in [5.41, 5.74) is 7.18. The third kappa shape index (κ3) is 2.87. The molecule has 17 heavy (non-hydrogen) atoms. The van der Waals surface area contributed by atoms with E-state index in [0.717, 1.165) is 18.4 Å². The van der Waals surface area contributed by atoms with Gasteiger partial charge in [0, 0.05) is 17.2 Å². The van der Waals surface area contributed by atoms with Crippen molar-refractivity contribution in [1.29, 1.82) is 0 Å². The highest BCUT2D eigenvalue weighted by atomic mass is 16.1. The topological polar surface area (TPSA) is 43.1 Å². The molecule has 0 saturated heterocycles. The Morgan fingerprint density at radius 2 is 1.82 bits per heavy atom. The first-order chi connectivity index (χ1) is 8.06. The highest BCUT2D eigenvalue weighted by Crippen LogP contribution is 2.34. The highest BCUT2D eigenvalue weighted by Gasteiger charge is 2.29. The van der Waals surface area contributed by atoms with Crippen molar-refractivity contribution in [1.82, 2.24) is 0 Å². The van der Waals surface area contributed by atoms with Crippen LogP contribution in [0.4, 0.5) is 5.69 Å². The lowest BCUT2D eigenvalue weighted by molar-refractivity contribution is 0.0836. The van der Waals surface area contributed by atoms with Gasteiger partial charge < -0.3 is 5.73 Å². The maximum Gasteiger partial charge on any atom is 0.166 e. The molecule has 2 rings (SSSR count). The Morgan fingerprint density at radius 1 is 1.18 bits per heavy atom. The van der Waals surface area contributed by atoms with Gasteiger partial charge >= 0.3 is 0 Å². The molecule has 0 radical (unpaired) electrons. The van der Waals surface area contributed by atoms with Crippen molar-refractivity contribution >= 4 is 11.5 Å². The maximum absolute atomic E-state index is 12.4. The van der Waals surface area contributed by atoms with E-state index in [1.165, 1.54) is 6.42 Å². The Labute approximate surface area is 103 Å². The van der Waals surface area contributed by atoms with Crippen molar-refractivity contribution in [2.24, 2.45) is 17.8 Å². The fourth-order valence-corrected chi connectivity index (χ4v) is 3.09. The number of rotatable bonds is 2. The monoisotopic (exact) mass is 231 g/mol. The number of hydrogen-bond acceptors (Lipinski definition) is 2. The number of nitrogen functional groups attached to an aromatic ring is 1. The zero-order chi connectivity index (χ0) is 12.4. The second-order valence-electron chi connectivity index (χ2n) is 5.60. The van der Waals surface area contributed by atoms with Gasteiger partial charge in [-0.25, -0.2) is 0 Å². The predicted octanol–water partition coefficient (Wildman–Crippen LogP) is 3.52. The minimum atomic E-state index is 0.190. The van der Waals surface area contributed by atoms with Crippen LogP contribution < -0.4 is 5.73 Å². The van der Waals surface area contributed by atoms with E-state index in [-0.39, 0.29) is 11.7 Å². The summed E-state index contributed by atoms with van der Waals surface area (Å²) >= 11 is 0. The van der Waals surface area contributed by atoms with Crippen LogP contribution in [0.1, 0.15) is 43.5 Å². The van der Waals surface area contributed by atoms with Crippen LogP contribution in [0.15, 0.2) is 24.3 Å². The van der Waals surface area contributed by atoms with Gasteiger partial charge in [-0.15, -0.1) is 0 Å². The van der Waals surface area contributed by atoms with Gasteiger partial charge in [0.1, 0.15) is 0 Å². The first kappa shape index (κ1) is 12.2. The molecule has 1 aliphatic carbocycles.